The number of nitrogens with one attached hydrogen (secondary N) is 1. The second kappa shape index (κ2) is 3.62. The monoisotopic (exact) mass is 206 g/mol. The second-order valence-electron chi connectivity index (χ2n) is 4.06. The number of aromatic amines is 1. The Morgan fingerprint density at radius 2 is 2.27 bits per heavy atom. The first kappa shape index (κ1) is 10.1. The highest BCUT2D eigenvalue weighted by molar-refractivity contribution is 5.93. The van der Waals surface area contributed by atoms with Crippen LogP contribution >= 0.6 is 0 Å². The molecule has 0 amide bonds. The number of nitrogens with zero attached hydrogens (tertiary/aromatic N) is 1. The van der Waals surface area contributed by atoms with E-state index < -0.39 is 0 Å². The quantitative estimate of drug-likeness (QED) is 0.683. The molecule has 0 aliphatic carbocycles. The second-order valence-corrected chi connectivity index (χ2v) is 4.06. The Hall–Kier alpha value is -1.42. The lowest BCUT2D eigenvalue weighted by atomic mass is 10.0. The number of aromatic nitrogens is 1. The van der Waals surface area contributed by atoms with Gasteiger partial charge in [0, 0.05) is 25.2 Å². The average molecular weight is 206 g/mol. The first-order chi connectivity index (χ1) is 7.08. The minimum absolute atomic E-state index is 0.174. The third kappa shape index (κ3) is 1.85. The van der Waals surface area contributed by atoms with E-state index in [-0.39, 0.29) is 16.9 Å². The Morgan fingerprint density at radius 1 is 1.53 bits per heavy atom. The number of hydrogen-bond acceptors (Lipinski definition) is 3. The van der Waals surface area contributed by atoms with Gasteiger partial charge in [-0.2, -0.15) is 0 Å². The summed E-state index contributed by atoms with van der Waals surface area (Å²) in [5, 5.41) is 0. The molecular formula is C11H14N2O2. The number of carbonyl (C=O) groups is 1. The fourth-order valence-corrected chi connectivity index (χ4v) is 1.91. The molecule has 0 saturated carbocycles. The predicted octanol–water partition coefficient (Wildman–Crippen LogP) is 0.565. The van der Waals surface area contributed by atoms with Crippen LogP contribution in [-0.4, -0.2) is 29.3 Å². The molecule has 0 radical (unpaired) electrons. The van der Waals surface area contributed by atoms with Gasteiger partial charge in [-0.15, -0.1) is 0 Å². The maximum absolute atomic E-state index is 11.5. The van der Waals surface area contributed by atoms with Gasteiger partial charge < -0.3 is 9.88 Å². The van der Waals surface area contributed by atoms with Crippen molar-refractivity contribution < 1.29 is 4.79 Å². The molecular weight excluding hydrogens is 192 g/mol. The van der Waals surface area contributed by atoms with Crippen LogP contribution in [0.2, 0.25) is 0 Å². The van der Waals surface area contributed by atoms with Crippen LogP contribution in [0.4, 0.5) is 0 Å². The molecule has 0 bridgehead atoms. The smallest absolute Gasteiger partial charge is 0.259 e. The maximum Gasteiger partial charge on any atom is 0.259 e. The molecule has 15 heavy (non-hydrogen) atoms. The van der Waals surface area contributed by atoms with E-state index in [1.807, 2.05) is 7.05 Å². The summed E-state index contributed by atoms with van der Waals surface area (Å²) < 4.78 is 0. The van der Waals surface area contributed by atoms with Crippen molar-refractivity contribution in [2.45, 2.75) is 19.9 Å². The molecule has 2 heterocycles. The van der Waals surface area contributed by atoms with Crippen molar-refractivity contribution in [3.8, 4) is 0 Å². The normalized spacial score (nSPS) is 16.1. The van der Waals surface area contributed by atoms with Crippen molar-refractivity contribution in [3.63, 3.8) is 0 Å². The molecule has 2 rings (SSSR count). The molecule has 80 valence electrons. The Morgan fingerprint density at radius 3 is 2.93 bits per heavy atom. The molecule has 4 nitrogen and oxygen atoms in total. The Labute approximate surface area is 87.9 Å². The highest BCUT2D eigenvalue weighted by atomic mass is 16.1. The molecule has 1 aromatic heterocycles. The molecule has 0 aromatic carbocycles. The lowest BCUT2D eigenvalue weighted by Gasteiger charge is -2.24. The van der Waals surface area contributed by atoms with E-state index in [0.717, 1.165) is 30.8 Å². The number of likely N-dealkylation sites (N-methyl/N-ethyl adjacent to an activating group) is 1. The van der Waals surface area contributed by atoms with Gasteiger partial charge in [-0.1, -0.05) is 0 Å². The molecule has 4 heteroatoms. The first-order valence-corrected chi connectivity index (χ1v) is 5.02. The Bertz CT molecular complexity index is 462. The van der Waals surface area contributed by atoms with Crippen LogP contribution in [0.3, 0.4) is 0 Å². The van der Waals surface area contributed by atoms with Crippen LogP contribution in [0, 0.1) is 0 Å². The van der Waals surface area contributed by atoms with Gasteiger partial charge in [0.2, 0.25) is 0 Å². The van der Waals surface area contributed by atoms with Gasteiger partial charge in [0.05, 0.1) is 5.56 Å². The van der Waals surface area contributed by atoms with Gasteiger partial charge >= 0.3 is 0 Å². The van der Waals surface area contributed by atoms with E-state index in [1.54, 1.807) is 6.07 Å². The van der Waals surface area contributed by atoms with Gasteiger partial charge in [-0.25, -0.2) is 0 Å². The summed E-state index contributed by atoms with van der Waals surface area (Å²) in [5.41, 5.74) is 2.05. The van der Waals surface area contributed by atoms with Crippen LogP contribution in [0.25, 0.3) is 0 Å². The highest BCUT2D eigenvalue weighted by Crippen LogP contribution is 2.15. The van der Waals surface area contributed by atoms with E-state index in [0.29, 0.717) is 0 Å². The Balaban J connectivity index is 2.52. The molecule has 1 N–H and O–H groups in total. The Kier molecular flexibility index (Phi) is 2.44. The number of rotatable bonds is 1. The molecule has 1 aliphatic heterocycles. The maximum atomic E-state index is 11.5. The summed E-state index contributed by atoms with van der Waals surface area (Å²) in [7, 11) is 2.03. The highest BCUT2D eigenvalue weighted by Gasteiger charge is 2.16. The van der Waals surface area contributed by atoms with E-state index in [2.05, 4.69) is 9.88 Å². The zero-order chi connectivity index (χ0) is 11.0. The number of H-pyrrole nitrogens is 1. The molecule has 0 saturated heterocycles. The van der Waals surface area contributed by atoms with E-state index in [1.165, 1.54) is 6.92 Å². The molecule has 1 aliphatic rings. The van der Waals surface area contributed by atoms with Crippen LogP contribution in [0.1, 0.15) is 28.5 Å². The standard InChI is InChI=1S/C11H14N2O2/c1-7(14)9-5-8-6-13(2)4-3-10(8)12-11(9)15/h5H,3-4,6H2,1-2H3,(H,12,15). The van der Waals surface area contributed by atoms with Crippen molar-refractivity contribution in [3.05, 3.63) is 33.2 Å². The summed E-state index contributed by atoms with van der Waals surface area (Å²) in [5.74, 6) is -0.174. The minimum atomic E-state index is -0.259. The topological polar surface area (TPSA) is 53.2 Å². The zero-order valence-corrected chi connectivity index (χ0v) is 8.96. The summed E-state index contributed by atoms with van der Waals surface area (Å²) in [6.07, 6.45) is 0.846. The first-order valence-electron chi connectivity index (χ1n) is 5.02. The minimum Gasteiger partial charge on any atom is -0.325 e. The van der Waals surface area contributed by atoms with Crippen molar-refractivity contribution in [1.82, 2.24) is 9.88 Å². The fraction of sp³-hybridized carbons (Fsp3) is 0.455. The fourth-order valence-electron chi connectivity index (χ4n) is 1.91. The van der Waals surface area contributed by atoms with Crippen molar-refractivity contribution in [2.75, 3.05) is 13.6 Å². The van der Waals surface area contributed by atoms with Crippen molar-refractivity contribution >= 4 is 5.78 Å². The number of fused-ring (bicyclic) bond motifs is 1. The van der Waals surface area contributed by atoms with E-state index >= 15 is 0 Å². The predicted molar refractivity (Wildman–Crippen MR) is 57.1 cm³/mol. The van der Waals surface area contributed by atoms with Crippen LogP contribution < -0.4 is 5.56 Å². The third-order valence-electron chi connectivity index (χ3n) is 2.78. The van der Waals surface area contributed by atoms with Crippen LogP contribution in [-0.2, 0) is 13.0 Å². The van der Waals surface area contributed by atoms with Crippen molar-refractivity contribution in [2.24, 2.45) is 0 Å². The third-order valence-corrected chi connectivity index (χ3v) is 2.78. The number of ketones is 1. The summed E-state index contributed by atoms with van der Waals surface area (Å²) in [6, 6.07) is 1.73. The van der Waals surface area contributed by atoms with Crippen molar-refractivity contribution in [1.29, 1.82) is 0 Å². The van der Waals surface area contributed by atoms with Crippen LogP contribution in [0.5, 0.6) is 0 Å². The number of Topliss-reactive ketones (excluding diaryl/α,β-unsaturated/α-hetero) is 1. The largest absolute Gasteiger partial charge is 0.325 e. The SMILES string of the molecule is CC(=O)c1cc2c([nH]c1=O)CCN(C)C2. The van der Waals surface area contributed by atoms with Crippen LogP contribution in [0.15, 0.2) is 10.9 Å². The van der Waals surface area contributed by atoms with E-state index in [4.69, 9.17) is 0 Å². The van der Waals surface area contributed by atoms with Gasteiger partial charge in [0.25, 0.3) is 5.56 Å². The van der Waals surface area contributed by atoms with Gasteiger partial charge in [-0.05, 0) is 25.6 Å². The lowest BCUT2D eigenvalue weighted by molar-refractivity contribution is 0.101. The van der Waals surface area contributed by atoms with E-state index in [9.17, 15) is 9.59 Å². The van der Waals surface area contributed by atoms with Gasteiger partial charge in [0.1, 0.15) is 0 Å². The van der Waals surface area contributed by atoms with Gasteiger partial charge in [-0.3, -0.25) is 9.59 Å². The molecule has 0 unspecified atom stereocenters. The van der Waals surface area contributed by atoms with Gasteiger partial charge in [0.15, 0.2) is 5.78 Å². The lowest BCUT2D eigenvalue weighted by Crippen LogP contribution is -2.30. The number of pyridine rings is 1. The zero-order valence-electron chi connectivity index (χ0n) is 8.96. The summed E-state index contributed by atoms with van der Waals surface area (Å²) in [6.45, 7) is 3.16. The molecule has 1 aromatic rings. The average Bonchev–Trinajstić information content (AvgIpc) is 2.17. The number of hydrogen-bond donors (Lipinski definition) is 1. The molecule has 0 fully saturated rings. The molecule has 0 spiro atoms. The number of carbonyl (C=O) groups excluding carboxylic acids is 1. The summed E-state index contributed by atoms with van der Waals surface area (Å²) in [4.78, 5) is 27.7. The molecule has 0 atom stereocenters. The summed E-state index contributed by atoms with van der Waals surface area (Å²) >= 11 is 0.